The van der Waals surface area contributed by atoms with Gasteiger partial charge in [0.2, 0.25) is 5.91 Å². The number of fused-ring (bicyclic) bond motifs is 1. The summed E-state index contributed by atoms with van der Waals surface area (Å²) in [6.07, 6.45) is 0.206. The second kappa shape index (κ2) is 7.30. The van der Waals surface area contributed by atoms with E-state index in [4.69, 9.17) is 0 Å². The summed E-state index contributed by atoms with van der Waals surface area (Å²) in [5.41, 5.74) is -0.516. The highest BCUT2D eigenvalue weighted by molar-refractivity contribution is 5.96. The van der Waals surface area contributed by atoms with Crippen LogP contribution in [-0.2, 0) is 11.8 Å². The first kappa shape index (κ1) is 18.8. The molecule has 2 aliphatic rings. The van der Waals surface area contributed by atoms with Crippen LogP contribution in [-0.4, -0.2) is 82.1 Å². The number of hydrogen-bond donors (Lipinski definition) is 0. The van der Waals surface area contributed by atoms with Gasteiger partial charge in [-0.05, 0) is 26.9 Å². The lowest BCUT2D eigenvalue weighted by Gasteiger charge is -2.40. The van der Waals surface area contributed by atoms with E-state index in [0.29, 0.717) is 32.4 Å². The van der Waals surface area contributed by atoms with Crippen LogP contribution in [0.4, 0.5) is 8.78 Å². The summed E-state index contributed by atoms with van der Waals surface area (Å²) >= 11 is 0. The third-order valence-corrected chi connectivity index (χ3v) is 5.23. The molecule has 1 aromatic heterocycles. The summed E-state index contributed by atoms with van der Waals surface area (Å²) < 4.78 is 27.7. The number of nitrogens with zero attached hydrogens (tertiary/aromatic N) is 5. The number of alkyl halides is 2. The van der Waals surface area contributed by atoms with Crippen molar-refractivity contribution in [3.05, 3.63) is 17.5 Å². The highest BCUT2D eigenvalue weighted by Gasteiger charge is 2.45. The average Bonchev–Trinajstić information content (AvgIpc) is 3.16. The Kier molecular flexibility index (Phi) is 5.27. The van der Waals surface area contributed by atoms with Crippen molar-refractivity contribution < 1.29 is 18.4 Å². The predicted molar refractivity (Wildman–Crippen MR) is 90.9 cm³/mol. The van der Waals surface area contributed by atoms with Gasteiger partial charge in [-0.25, -0.2) is 8.78 Å². The van der Waals surface area contributed by atoms with E-state index < -0.39 is 18.0 Å². The fraction of sp³-hybridized carbons (Fsp3) is 0.706. The van der Waals surface area contributed by atoms with E-state index >= 15 is 0 Å². The molecule has 7 nitrogen and oxygen atoms in total. The molecular weight excluding hydrogens is 344 g/mol. The average molecular weight is 369 g/mol. The normalized spacial score (nSPS) is 23.3. The summed E-state index contributed by atoms with van der Waals surface area (Å²) in [6, 6.07) is -0.153. The first-order valence-corrected chi connectivity index (χ1v) is 8.86. The number of carbonyl (C=O) groups excluding carboxylic acids is 2. The standard InChI is InChI=1S/C17H25F2N5O2/c1-21(2)8-9-23-13-6-7-24(12(13)4-5-14(23)25)17(26)11-10-22(3)20-15(11)16(18)19/h10,12-13,16H,4-9H2,1-3H3/t12-,13-/m1/s1. The lowest BCUT2D eigenvalue weighted by Crippen LogP contribution is -2.54. The van der Waals surface area contributed by atoms with Gasteiger partial charge in [0.1, 0.15) is 5.69 Å². The first-order chi connectivity index (χ1) is 12.3. The van der Waals surface area contributed by atoms with Crippen molar-refractivity contribution in [3.63, 3.8) is 0 Å². The van der Waals surface area contributed by atoms with E-state index in [1.165, 1.54) is 17.9 Å². The smallest absolute Gasteiger partial charge is 0.282 e. The minimum atomic E-state index is -2.79. The van der Waals surface area contributed by atoms with Crippen molar-refractivity contribution in [1.82, 2.24) is 24.5 Å². The Hall–Kier alpha value is -2.03. The van der Waals surface area contributed by atoms with Crippen molar-refractivity contribution in [3.8, 4) is 0 Å². The van der Waals surface area contributed by atoms with E-state index in [1.54, 1.807) is 4.90 Å². The number of likely N-dealkylation sites (N-methyl/N-ethyl adjacent to an activating group) is 1. The van der Waals surface area contributed by atoms with E-state index in [9.17, 15) is 18.4 Å². The Labute approximate surface area is 151 Å². The van der Waals surface area contributed by atoms with Crippen molar-refractivity contribution in [2.24, 2.45) is 7.05 Å². The van der Waals surface area contributed by atoms with Gasteiger partial charge in [0.25, 0.3) is 12.3 Å². The Bertz CT molecular complexity index is 691. The topological polar surface area (TPSA) is 61.7 Å². The quantitative estimate of drug-likeness (QED) is 0.781. The number of rotatable bonds is 5. The van der Waals surface area contributed by atoms with Gasteiger partial charge in [-0.1, -0.05) is 0 Å². The van der Waals surface area contributed by atoms with Crippen LogP contribution >= 0.6 is 0 Å². The highest BCUT2D eigenvalue weighted by atomic mass is 19.3. The molecule has 0 aliphatic carbocycles. The maximum Gasteiger partial charge on any atom is 0.282 e. The summed E-state index contributed by atoms with van der Waals surface area (Å²) in [5, 5.41) is 3.73. The molecule has 2 amide bonds. The molecule has 0 bridgehead atoms. The van der Waals surface area contributed by atoms with E-state index in [1.807, 2.05) is 23.9 Å². The number of aromatic nitrogens is 2. The van der Waals surface area contributed by atoms with Gasteiger partial charge in [-0.15, -0.1) is 0 Å². The number of amides is 2. The van der Waals surface area contributed by atoms with Gasteiger partial charge in [-0.3, -0.25) is 14.3 Å². The van der Waals surface area contributed by atoms with Gasteiger partial charge >= 0.3 is 0 Å². The summed E-state index contributed by atoms with van der Waals surface area (Å²) in [7, 11) is 5.42. The van der Waals surface area contributed by atoms with Crippen molar-refractivity contribution in [2.75, 3.05) is 33.7 Å². The van der Waals surface area contributed by atoms with Crippen LogP contribution in [0.1, 0.15) is 41.7 Å². The van der Waals surface area contributed by atoms with Crippen LogP contribution in [0, 0.1) is 0 Å². The second-order valence-corrected chi connectivity index (χ2v) is 7.25. The van der Waals surface area contributed by atoms with Gasteiger partial charge in [-0.2, -0.15) is 5.10 Å². The molecule has 9 heteroatoms. The van der Waals surface area contributed by atoms with Crippen molar-refractivity contribution >= 4 is 11.8 Å². The lowest BCUT2D eigenvalue weighted by molar-refractivity contribution is -0.137. The van der Waals surface area contributed by atoms with E-state index in [0.717, 1.165) is 6.54 Å². The van der Waals surface area contributed by atoms with Gasteiger partial charge in [0, 0.05) is 39.3 Å². The zero-order valence-electron chi connectivity index (χ0n) is 15.4. The fourth-order valence-electron chi connectivity index (χ4n) is 3.99. The third kappa shape index (κ3) is 3.44. The molecule has 3 heterocycles. The van der Waals surface area contributed by atoms with Crippen LogP contribution in [0.25, 0.3) is 0 Å². The molecule has 2 aliphatic heterocycles. The molecule has 0 N–H and O–H groups in total. The van der Waals surface area contributed by atoms with Crippen LogP contribution in [0.3, 0.4) is 0 Å². The molecule has 0 radical (unpaired) electrons. The predicted octanol–water partition coefficient (Wildman–Crippen LogP) is 1.12. The molecule has 2 atom stereocenters. The number of hydrogen-bond acceptors (Lipinski definition) is 4. The molecule has 0 spiro atoms. The zero-order valence-corrected chi connectivity index (χ0v) is 15.4. The summed E-state index contributed by atoms with van der Waals surface area (Å²) in [4.78, 5) is 30.8. The van der Waals surface area contributed by atoms with E-state index in [2.05, 4.69) is 5.10 Å². The number of halogens is 2. The second-order valence-electron chi connectivity index (χ2n) is 7.25. The third-order valence-electron chi connectivity index (χ3n) is 5.23. The Balaban J connectivity index is 1.79. The van der Waals surface area contributed by atoms with Crippen LogP contribution in [0.15, 0.2) is 6.20 Å². The van der Waals surface area contributed by atoms with Crippen LogP contribution < -0.4 is 0 Å². The Morgan fingerprint density at radius 1 is 1.35 bits per heavy atom. The highest BCUT2D eigenvalue weighted by Crippen LogP contribution is 2.33. The first-order valence-electron chi connectivity index (χ1n) is 8.86. The Morgan fingerprint density at radius 2 is 2.08 bits per heavy atom. The molecule has 3 rings (SSSR count). The van der Waals surface area contributed by atoms with Gasteiger partial charge in [0.15, 0.2) is 0 Å². The largest absolute Gasteiger partial charge is 0.336 e. The molecule has 26 heavy (non-hydrogen) atoms. The van der Waals surface area contributed by atoms with Crippen LogP contribution in [0.5, 0.6) is 0 Å². The monoisotopic (exact) mass is 369 g/mol. The van der Waals surface area contributed by atoms with Crippen molar-refractivity contribution in [1.29, 1.82) is 0 Å². The molecule has 144 valence electrons. The molecule has 2 saturated heterocycles. The van der Waals surface area contributed by atoms with Gasteiger partial charge < -0.3 is 14.7 Å². The molecule has 0 saturated carbocycles. The molecular formula is C17H25F2N5O2. The Morgan fingerprint density at radius 3 is 2.73 bits per heavy atom. The van der Waals surface area contributed by atoms with E-state index in [-0.39, 0.29) is 23.6 Å². The van der Waals surface area contributed by atoms with Gasteiger partial charge in [0.05, 0.1) is 17.6 Å². The maximum absolute atomic E-state index is 13.2. The number of piperidine rings is 1. The zero-order chi connectivity index (χ0) is 19.0. The minimum Gasteiger partial charge on any atom is -0.336 e. The number of aryl methyl sites for hydroxylation is 1. The van der Waals surface area contributed by atoms with Crippen molar-refractivity contribution in [2.45, 2.75) is 37.8 Å². The fourth-order valence-corrected chi connectivity index (χ4v) is 3.99. The molecule has 0 aromatic carbocycles. The maximum atomic E-state index is 13.2. The lowest BCUT2D eigenvalue weighted by atomic mass is 9.96. The number of carbonyl (C=O) groups is 2. The summed E-state index contributed by atoms with van der Waals surface area (Å²) in [6.45, 7) is 1.84. The minimum absolute atomic E-state index is 0.0354. The summed E-state index contributed by atoms with van der Waals surface area (Å²) in [5.74, 6) is -0.306. The molecule has 1 aromatic rings. The molecule has 0 unspecified atom stereocenters. The van der Waals surface area contributed by atoms with Crippen LogP contribution in [0.2, 0.25) is 0 Å². The number of likely N-dealkylation sites (tertiary alicyclic amines) is 2. The SMILES string of the molecule is CN(C)CCN1C(=O)CC[C@@H]2[C@H]1CCN2C(=O)c1cn(C)nc1C(F)F. The molecule has 2 fully saturated rings.